The van der Waals surface area contributed by atoms with Crippen LogP contribution in [0, 0.1) is 18.2 Å². The number of hydrogen-bond acceptors (Lipinski definition) is 7. The van der Waals surface area contributed by atoms with Gasteiger partial charge in [0.2, 0.25) is 5.96 Å². The molecule has 1 aromatic carbocycles. The first-order valence-corrected chi connectivity index (χ1v) is 11.0. The maximum Gasteiger partial charge on any atom is 0.260 e. The lowest BCUT2D eigenvalue weighted by atomic mass is 10.2. The third kappa shape index (κ3) is 5.56. The quantitative estimate of drug-likeness (QED) is 0.304. The van der Waals surface area contributed by atoms with Crippen LogP contribution < -0.4 is 11.2 Å². The summed E-state index contributed by atoms with van der Waals surface area (Å²) in [7, 11) is -4.38. The third-order valence-corrected chi connectivity index (χ3v) is 6.31. The molecular formula is C20H27FN6O3S. The van der Waals surface area contributed by atoms with E-state index in [0.29, 0.717) is 9.98 Å². The Bertz CT molecular complexity index is 1040. The lowest BCUT2D eigenvalue weighted by Crippen LogP contribution is -2.50. The zero-order valence-corrected chi connectivity index (χ0v) is 18.6. The highest BCUT2D eigenvalue weighted by Crippen LogP contribution is 2.29. The van der Waals surface area contributed by atoms with Gasteiger partial charge in [0.1, 0.15) is 17.2 Å². The molecule has 0 aliphatic carbocycles. The Morgan fingerprint density at radius 2 is 1.94 bits per heavy atom. The number of aromatic nitrogens is 2. The lowest BCUT2D eigenvalue weighted by Gasteiger charge is -2.31. The second-order valence-electron chi connectivity index (χ2n) is 7.14. The van der Waals surface area contributed by atoms with E-state index in [4.69, 9.17) is 15.9 Å². The SMILES string of the molecule is C=Cc1cccc(F)c1NN(C(=N)N)S(=O)(=O)[C@@H](C)[C@@H](OC(C)C)c1ncc(C)cn1. The molecule has 4 N–H and O–H groups in total. The van der Waals surface area contributed by atoms with Crippen LogP contribution in [0.5, 0.6) is 0 Å². The molecule has 0 aliphatic heterocycles. The van der Waals surface area contributed by atoms with Crippen LogP contribution in [0.4, 0.5) is 10.1 Å². The number of anilines is 1. The number of nitrogens with zero attached hydrogens (tertiary/aromatic N) is 3. The number of benzene rings is 1. The number of hydrogen-bond donors (Lipinski definition) is 3. The topological polar surface area (TPSA) is 134 Å². The van der Waals surface area contributed by atoms with Crippen molar-refractivity contribution in [1.29, 1.82) is 5.41 Å². The van der Waals surface area contributed by atoms with Gasteiger partial charge in [0.05, 0.1) is 11.8 Å². The molecule has 168 valence electrons. The first kappa shape index (κ1) is 24.2. The van der Waals surface area contributed by atoms with Crippen molar-refractivity contribution >= 4 is 27.7 Å². The molecule has 0 bridgehead atoms. The van der Waals surface area contributed by atoms with Gasteiger partial charge in [-0.15, -0.1) is 4.41 Å². The van der Waals surface area contributed by atoms with Crippen molar-refractivity contribution in [3.05, 3.63) is 59.9 Å². The van der Waals surface area contributed by atoms with E-state index in [1.807, 2.05) is 0 Å². The van der Waals surface area contributed by atoms with Gasteiger partial charge in [-0.3, -0.25) is 10.8 Å². The molecule has 0 aliphatic rings. The summed E-state index contributed by atoms with van der Waals surface area (Å²) in [6, 6.07) is 4.14. The molecule has 2 atom stereocenters. The van der Waals surface area contributed by atoms with Crippen LogP contribution in [0.25, 0.3) is 6.08 Å². The van der Waals surface area contributed by atoms with Crippen LogP contribution in [-0.2, 0) is 14.8 Å². The summed E-state index contributed by atoms with van der Waals surface area (Å²) < 4.78 is 47.4. The Labute approximate surface area is 181 Å². The molecule has 11 heteroatoms. The van der Waals surface area contributed by atoms with Gasteiger partial charge >= 0.3 is 0 Å². The van der Waals surface area contributed by atoms with E-state index >= 15 is 0 Å². The zero-order chi connectivity index (χ0) is 23.3. The van der Waals surface area contributed by atoms with E-state index in [9.17, 15) is 12.8 Å². The van der Waals surface area contributed by atoms with Crippen LogP contribution in [-0.4, -0.2) is 40.1 Å². The predicted molar refractivity (Wildman–Crippen MR) is 118 cm³/mol. The molecule has 1 aromatic heterocycles. The van der Waals surface area contributed by atoms with Crippen molar-refractivity contribution in [3.8, 4) is 0 Å². The zero-order valence-electron chi connectivity index (χ0n) is 17.8. The molecule has 0 saturated carbocycles. The molecule has 2 rings (SSSR count). The summed E-state index contributed by atoms with van der Waals surface area (Å²) in [5.41, 5.74) is 8.88. The fourth-order valence-electron chi connectivity index (χ4n) is 2.74. The monoisotopic (exact) mass is 450 g/mol. The number of nitrogens with one attached hydrogen (secondary N) is 2. The van der Waals surface area contributed by atoms with Crippen molar-refractivity contribution in [2.24, 2.45) is 5.73 Å². The highest BCUT2D eigenvalue weighted by atomic mass is 32.2. The summed E-state index contributed by atoms with van der Waals surface area (Å²) in [5.74, 6) is -1.42. The first-order chi connectivity index (χ1) is 14.5. The minimum absolute atomic E-state index is 0.163. The second-order valence-corrected chi connectivity index (χ2v) is 9.28. The number of guanidine groups is 1. The van der Waals surface area contributed by atoms with Gasteiger partial charge in [0.15, 0.2) is 5.82 Å². The van der Waals surface area contributed by atoms with Gasteiger partial charge in [-0.05, 0) is 39.3 Å². The van der Waals surface area contributed by atoms with Crippen molar-refractivity contribution < 1.29 is 17.5 Å². The number of rotatable bonds is 9. The van der Waals surface area contributed by atoms with Crippen LogP contribution in [0.3, 0.4) is 0 Å². The standard InChI is InChI=1S/C20H27FN6O3S/c1-6-15-8-7-9-16(21)17(15)26-27(20(22)23)31(28,29)14(5)18(30-12(2)3)19-24-10-13(4)11-25-19/h6-12,14,18,26H,1H2,2-5H3,(H3,22,23)/t14-,18+/m0/s1. The molecule has 2 aromatic rings. The lowest BCUT2D eigenvalue weighted by molar-refractivity contribution is 0.000977. The maximum absolute atomic E-state index is 14.4. The normalized spacial score (nSPS) is 13.5. The number of sulfonamides is 1. The number of aryl methyl sites for hydroxylation is 1. The number of hydrazine groups is 1. The molecule has 0 spiro atoms. The second kappa shape index (κ2) is 9.84. The van der Waals surface area contributed by atoms with Gasteiger partial charge < -0.3 is 10.5 Å². The van der Waals surface area contributed by atoms with E-state index in [2.05, 4.69) is 22.0 Å². The molecule has 0 amide bonds. The van der Waals surface area contributed by atoms with E-state index < -0.39 is 33.2 Å². The van der Waals surface area contributed by atoms with E-state index in [0.717, 1.165) is 11.6 Å². The minimum atomic E-state index is -4.38. The Hall–Kier alpha value is -3.05. The fourth-order valence-corrected chi connectivity index (χ4v) is 4.06. The molecule has 9 nitrogen and oxygen atoms in total. The van der Waals surface area contributed by atoms with Gasteiger partial charge in [0, 0.05) is 18.0 Å². The highest BCUT2D eigenvalue weighted by Gasteiger charge is 2.39. The molecule has 0 fully saturated rings. The van der Waals surface area contributed by atoms with Crippen LogP contribution in [0.2, 0.25) is 0 Å². The van der Waals surface area contributed by atoms with Gasteiger partial charge in [-0.25, -0.2) is 22.8 Å². The molecule has 0 radical (unpaired) electrons. The summed E-state index contributed by atoms with van der Waals surface area (Å²) in [6.45, 7) is 10.3. The summed E-state index contributed by atoms with van der Waals surface area (Å²) in [4.78, 5) is 8.40. The first-order valence-electron chi connectivity index (χ1n) is 9.48. The number of halogens is 1. The summed E-state index contributed by atoms with van der Waals surface area (Å²) in [5, 5.41) is 6.53. The van der Waals surface area contributed by atoms with Crippen molar-refractivity contribution in [2.75, 3.05) is 5.43 Å². The molecule has 1 heterocycles. The van der Waals surface area contributed by atoms with Gasteiger partial charge in [-0.2, -0.15) is 0 Å². The van der Waals surface area contributed by atoms with Crippen molar-refractivity contribution in [3.63, 3.8) is 0 Å². The van der Waals surface area contributed by atoms with Crippen molar-refractivity contribution in [2.45, 2.75) is 45.2 Å². The fraction of sp³-hybridized carbons (Fsp3) is 0.350. The van der Waals surface area contributed by atoms with Gasteiger partial charge in [-0.1, -0.05) is 24.8 Å². The number of para-hydroxylation sites is 1. The Morgan fingerprint density at radius 3 is 2.45 bits per heavy atom. The summed E-state index contributed by atoms with van der Waals surface area (Å²) in [6.07, 6.45) is 3.05. The van der Waals surface area contributed by atoms with Crippen molar-refractivity contribution in [1.82, 2.24) is 14.4 Å². The largest absolute Gasteiger partial charge is 0.368 e. The number of nitrogens with two attached hydrogens (primary N) is 1. The van der Waals surface area contributed by atoms with E-state index in [1.54, 1.807) is 33.2 Å². The Morgan fingerprint density at radius 1 is 1.32 bits per heavy atom. The Kier molecular flexibility index (Phi) is 7.69. The molecule has 0 unspecified atom stereocenters. The highest BCUT2D eigenvalue weighted by molar-refractivity contribution is 7.90. The molecule has 31 heavy (non-hydrogen) atoms. The van der Waals surface area contributed by atoms with Gasteiger partial charge in [0.25, 0.3) is 10.0 Å². The summed E-state index contributed by atoms with van der Waals surface area (Å²) >= 11 is 0. The van der Waals surface area contributed by atoms with Crippen LogP contribution in [0.1, 0.15) is 43.8 Å². The average Bonchev–Trinajstić information content (AvgIpc) is 2.70. The third-order valence-electron chi connectivity index (χ3n) is 4.32. The van der Waals surface area contributed by atoms with Crippen LogP contribution in [0.15, 0.2) is 37.2 Å². The minimum Gasteiger partial charge on any atom is -0.368 e. The number of ether oxygens (including phenoxy) is 1. The average molecular weight is 451 g/mol. The molecular weight excluding hydrogens is 423 g/mol. The molecule has 0 saturated heterocycles. The maximum atomic E-state index is 14.4. The smallest absolute Gasteiger partial charge is 0.260 e. The van der Waals surface area contributed by atoms with E-state index in [-0.39, 0.29) is 17.6 Å². The van der Waals surface area contributed by atoms with Crippen LogP contribution >= 0.6 is 0 Å². The predicted octanol–water partition coefficient (Wildman–Crippen LogP) is 2.97. The Balaban J connectivity index is 2.49. The van der Waals surface area contributed by atoms with E-state index in [1.165, 1.54) is 25.1 Å².